The van der Waals surface area contributed by atoms with Crippen LogP contribution in [0.4, 0.5) is 14.5 Å². The van der Waals surface area contributed by atoms with E-state index < -0.39 is 30.0 Å². The van der Waals surface area contributed by atoms with E-state index in [0.29, 0.717) is 30.0 Å². The van der Waals surface area contributed by atoms with Crippen LogP contribution in [0.25, 0.3) is 0 Å². The van der Waals surface area contributed by atoms with Crippen LogP contribution in [-0.4, -0.2) is 49.9 Å². The molecule has 1 saturated carbocycles. The summed E-state index contributed by atoms with van der Waals surface area (Å²) in [5.74, 6) is -2.65. The summed E-state index contributed by atoms with van der Waals surface area (Å²) in [5, 5.41) is 5.85. The van der Waals surface area contributed by atoms with Crippen LogP contribution in [-0.2, 0) is 4.79 Å². The SMILES string of the molecule is COc1ccc(NC(C)C(=N/C=C(\N)N[C@@H]2CCCC(F)(F)[C@@H]2N)C(N)=O)cc1OC. The van der Waals surface area contributed by atoms with E-state index in [1.807, 2.05) is 0 Å². The number of hydrogen-bond acceptors (Lipinski definition) is 8. The molecule has 1 aromatic carbocycles. The van der Waals surface area contributed by atoms with Gasteiger partial charge in [0.15, 0.2) is 11.5 Å². The van der Waals surface area contributed by atoms with Gasteiger partial charge in [-0.25, -0.2) is 13.8 Å². The predicted octanol–water partition coefficient (Wildman–Crippen LogP) is 1.29. The smallest absolute Gasteiger partial charge is 0.265 e. The largest absolute Gasteiger partial charge is 0.493 e. The third-order valence-corrected chi connectivity index (χ3v) is 5.07. The first-order valence-corrected chi connectivity index (χ1v) is 9.80. The number of nitrogens with one attached hydrogen (secondary N) is 2. The van der Waals surface area contributed by atoms with Gasteiger partial charge in [-0.1, -0.05) is 0 Å². The maximum atomic E-state index is 13.8. The monoisotopic (exact) mass is 440 g/mol. The number of halogens is 2. The lowest BCUT2D eigenvalue weighted by Gasteiger charge is -2.36. The Morgan fingerprint density at radius 1 is 1.29 bits per heavy atom. The number of aliphatic imine (C=N–C) groups is 1. The fourth-order valence-electron chi connectivity index (χ4n) is 3.38. The van der Waals surface area contributed by atoms with Crippen molar-refractivity contribution in [2.24, 2.45) is 22.2 Å². The van der Waals surface area contributed by atoms with Gasteiger partial charge in [0.2, 0.25) is 0 Å². The van der Waals surface area contributed by atoms with Crippen LogP contribution in [0.15, 0.2) is 35.2 Å². The van der Waals surface area contributed by atoms with Crippen molar-refractivity contribution in [3.05, 3.63) is 30.2 Å². The Kier molecular flexibility index (Phi) is 8.03. The molecular weight excluding hydrogens is 410 g/mol. The average Bonchev–Trinajstić information content (AvgIpc) is 2.71. The number of benzene rings is 1. The van der Waals surface area contributed by atoms with E-state index in [9.17, 15) is 13.6 Å². The van der Waals surface area contributed by atoms with Crippen molar-refractivity contribution in [2.45, 2.75) is 50.2 Å². The Balaban J connectivity index is 2.12. The molecule has 1 unspecified atom stereocenters. The summed E-state index contributed by atoms with van der Waals surface area (Å²) in [4.78, 5) is 16.0. The Bertz CT molecular complexity index is 846. The quantitative estimate of drug-likeness (QED) is 0.363. The molecule has 0 aromatic heterocycles. The van der Waals surface area contributed by atoms with Gasteiger partial charge in [-0.15, -0.1) is 0 Å². The molecule has 2 rings (SSSR count). The molecule has 0 spiro atoms. The van der Waals surface area contributed by atoms with Crippen LogP contribution in [0, 0.1) is 0 Å². The van der Waals surface area contributed by atoms with Gasteiger partial charge in [-0.05, 0) is 31.9 Å². The standard InChI is InChI=1S/C20H30F2N6O3/c1-11(27-12-6-7-14(30-2)15(9-12)31-3)17(19(25)29)26-10-16(23)28-13-5-4-8-20(21,22)18(13)24/h6-7,9-11,13,18,27-28H,4-5,8,23-24H2,1-3H3,(H2,25,29)/b16-10+,26-17?/t11?,13-,18-/m1/s1. The van der Waals surface area contributed by atoms with Crippen molar-refractivity contribution < 1.29 is 23.0 Å². The van der Waals surface area contributed by atoms with E-state index in [0.717, 1.165) is 0 Å². The van der Waals surface area contributed by atoms with Gasteiger partial charge in [0, 0.05) is 24.2 Å². The summed E-state index contributed by atoms with van der Waals surface area (Å²) in [5.41, 5.74) is 17.6. The van der Waals surface area contributed by atoms with Gasteiger partial charge in [0.1, 0.15) is 11.5 Å². The topological polar surface area (TPSA) is 150 Å². The molecule has 1 aliphatic carbocycles. The molecule has 1 fully saturated rings. The van der Waals surface area contributed by atoms with Crippen molar-refractivity contribution in [3.8, 4) is 11.5 Å². The second-order valence-corrected chi connectivity index (χ2v) is 7.33. The fraction of sp³-hybridized carbons (Fsp3) is 0.500. The van der Waals surface area contributed by atoms with Crippen LogP contribution in [0.5, 0.6) is 11.5 Å². The maximum Gasteiger partial charge on any atom is 0.265 e. The van der Waals surface area contributed by atoms with Crippen molar-refractivity contribution in [2.75, 3.05) is 19.5 Å². The van der Waals surface area contributed by atoms with E-state index in [1.165, 1.54) is 20.4 Å². The Morgan fingerprint density at radius 2 is 1.97 bits per heavy atom. The second kappa shape index (κ2) is 10.3. The highest BCUT2D eigenvalue weighted by Crippen LogP contribution is 2.32. The molecule has 0 aliphatic heterocycles. The molecule has 1 amide bonds. The number of methoxy groups -OCH3 is 2. The van der Waals surface area contributed by atoms with Crippen LogP contribution < -0.4 is 37.3 Å². The highest BCUT2D eigenvalue weighted by atomic mass is 19.3. The molecule has 0 radical (unpaired) electrons. The van der Waals surface area contributed by atoms with Crippen LogP contribution >= 0.6 is 0 Å². The lowest BCUT2D eigenvalue weighted by molar-refractivity contribution is -0.112. The van der Waals surface area contributed by atoms with E-state index in [-0.39, 0.29) is 18.0 Å². The summed E-state index contributed by atoms with van der Waals surface area (Å²) in [6, 6.07) is 2.51. The van der Waals surface area contributed by atoms with Gasteiger partial charge < -0.3 is 37.3 Å². The van der Waals surface area contributed by atoms with Crippen LogP contribution in [0.1, 0.15) is 26.2 Å². The molecule has 11 heteroatoms. The Labute approximate surface area is 180 Å². The molecule has 0 heterocycles. The number of carbonyl (C=O) groups is 1. The molecule has 0 saturated heterocycles. The molecule has 3 atom stereocenters. The number of rotatable bonds is 9. The number of amides is 1. The molecule has 1 aromatic rings. The van der Waals surface area contributed by atoms with E-state index in [2.05, 4.69) is 15.6 Å². The molecule has 1 aliphatic rings. The third-order valence-electron chi connectivity index (χ3n) is 5.07. The minimum Gasteiger partial charge on any atom is -0.493 e. The van der Waals surface area contributed by atoms with Gasteiger partial charge in [-0.3, -0.25) is 4.79 Å². The molecule has 31 heavy (non-hydrogen) atoms. The molecular formula is C20H30F2N6O3. The molecule has 172 valence electrons. The number of alkyl halides is 2. The number of nitrogens with zero attached hydrogens (tertiary/aromatic N) is 1. The van der Waals surface area contributed by atoms with Crippen molar-refractivity contribution in [1.29, 1.82) is 0 Å². The number of hydrogen-bond donors (Lipinski definition) is 5. The molecule has 8 N–H and O–H groups in total. The Morgan fingerprint density at radius 3 is 2.58 bits per heavy atom. The van der Waals surface area contributed by atoms with Gasteiger partial charge in [0.25, 0.3) is 11.8 Å². The van der Waals surface area contributed by atoms with Crippen LogP contribution in [0.2, 0.25) is 0 Å². The molecule has 9 nitrogen and oxygen atoms in total. The van der Waals surface area contributed by atoms with E-state index >= 15 is 0 Å². The maximum absolute atomic E-state index is 13.8. The number of anilines is 1. The van der Waals surface area contributed by atoms with Crippen molar-refractivity contribution in [1.82, 2.24) is 5.32 Å². The van der Waals surface area contributed by atoms with E-state index in [4.69, 9.17) is 26.7 Å². The summed E-state index contributed by atoms with van der Waals surface area (Å²) < 4.78 is 38.0. The highest BCUT2D eigenvalue weighted by molar-refractivity contribution is 6.40. The summed E-state index contributed by atoms with van der Waals surface area (Å²) in [6.07, 6.45) is 1.70. The molecule has 0 bridgehead atoms. The Hall–Kier alpha value is -3.08. The number of ether oxygens (including phenoxy) is 2. The van der Waals surface area contributed by atoms with E-state index in [1.54, 1.807) is 25.1 Å². The fourth-order valence-corrected chi connectivity index (χ4v) is 3.38. The zero-order valence-corrected chi connectivity index (χ0v) is 17.8. The second-order valence-electron chi connectivity index (χ2n) is 7.33. The minimum absolute atomic E-state index is 0.00203. The normalized spacial score (nSPS) is 22.4. The lowest BCUT2D eigenvalue weighted by atomic mass is 9.87. The number of nitrogens with two attached hydrogens (primary N) is 3. The number of primary amides is 1. The average molecular weight is 440 g/mol. The first-order chi connectivity index (χ1) is 14.6. The zero-order chi connectivity index (χ0) is 23.2. The lowest BCUT2D eigenvalue weighted by Crippen LogP contribution is -2.57. The zero-order valence-electron chi connectivity index (χ0n) is 17.8. The number of carbonyl (C=O) groups excluding carboxylic acids is 1. The third kappa shape index (κ3) is 6.20. The summed E-state index contributed by atoms with van der Waals surface area (Å²) in [7, 11) is 3.04. The van der Waals surface area contributed by atoms with Gasteiger partial charge in [0.05, 0.1) is 32.5 Å². The highest BCUT2D eigenvalue weighted by Gasteiger charge is 2.44. The summed E-state index contributed by atoms with van der Waals surface area (Å²) >= 11 is 0. The van der Waals surface area contributed by atoms with Gasteiger partial charge in [-0.2, -0.15) is 0 Å². The first kappa shape index (κ1) is 24.2. The predicted molar refractivity (Wildman–Crippen MR) is 115 cm³/mol. The van der Waals surface area contributed by atoms with Crippen molar-refractivity contribution >= 4 is 17.3 Å². The van der Waals surface area contributed by atoms with Gasteiger partial charge >= 0.3 is 0 Å². The van der Waals surface area contributed by atoms with Crippen molar-refractivity contribution in [3.63, 3.8) is 0 Å². The van der Waals surface area contributed by atoms with Crippen LogP contribution in [0.3, 0.4) is 0 Å². The summed E-state index contributed by atoms with van der Waals surface area (Å²) in [6.45, 7) is 1.69. The first-order valence-electron chi connectivity index (χ1n) is 9.80. The minimum atomic E-state index is -2.96.